The predicted octanol–water partition coefficient (Wildman–Crippen LogP) is 4.05. The summed E-state index contributed by atoms with van der Waals surface area (Å²) < 4.78 is 19.5. The number of hydrogen-bond acceptors (Lipinski definition) is 4. The highest BCUT2D eigenvalue weighted by atomic mass is 35.5. The van der Waals surface area contributed by atoms with Gasteiger partial charge in [-0.2, -0.15) is 4.98 Å². The standard InChI is InChI=1S/C18H13ClFN3O2/c19-13-7-4-8-14(16(13)20)23-10-12(9-15(23)24)18-21-17(22-25-18)11-5-2-1-3-6-11/h1-8,12H,9-10H2. The molecule has 1 aromatic heterocycles. The summed E-state index contributed by atoms with van der Waals surface area (Å²) in [6, 6.07) is 14.0. The van der Waals surface area contributed by atoms with Gasteiger partial charge in [0.1, 0.15) is 0 Å². The molecule has 0 N–H and O–H groups in total. The molecule has 126 valence electrons. The van der Waals surface area contributed by atoms with Crippen LogP contribution >= 0.6 is 11.6 Å². The van der Waals surface area contributed by atoms with E-state index in [2.05, 4.69) is 10.1 Å². The van der Waals surface area contributed by atoms with Crippen LogP contribution in [0.15, 0.2) is 53.1 Å². The molecule has 1 fully saturated rings. The van der Waals surface area contributed by atoms with E-state index in [9.17, 15) is 9.18 Å². The molecule has 0 spiro atoms. The fraction of sp³-hybridized carbons (Fsp3) is 0.167. The van der Waals surface area contributed by atoms with E-state index in [4.69, 9.17) is 16.1 Å². The molecule has 1 saturated heterocycles. The van der Waals surface area contributed by atoms with Crippen LogP contribution in [0.3, 0.4) is 0 Å². The lowest BCUT2D eigenvalue weighted by Gasteiger charge is -2.17. The van der Waals surface area contributed by atoms with Crippen molar-refractivity contribution < 1.29 is 13.7 Å². The van der Waals surface area contributed by atoms with E-state index in [0.29, 0.717) is 11.7 Å². The molecule has 1 unspecified atom stereocenters. The van der Waals surface area contributed by atoms with Crippen molar-refractivity contribution in [2.75, 3.05) is 11.4 Å². The van der Waals surface area contributed by atoms with Gasteiger partial charge in [-0.05, 0) is 12.1 Å². The summed E-state index contributed by atoms with van der Waals surface area (Å²) in [5.41, 5.74) is 1.00. The van der Waals surface area contributed by atoms with Gasteiger partial charge in [-0.25, -0.2) is 4.39 Å². The lowest BCUT2D eigenvalue weighted by molar-refractivity contribution is -0.117. The van der Waals surface area contributed by atoms with Crippen LogP contribution in [0.25, 0.3) is 11.4 Å². The highest BCUT2D eigenvalue weighted by molar-refractivity contribution is 6.31. The zero-order chi connectivity index (χ0) is 17.4. The lowest BCUT2D eigenvalue weighted by atomic mass is 10.1. The van der Waals surface area contributed by atoms with Gasteiger partial charge in [0.2, 0.25) is 17.6 Å². The Morgan fingerprint density at radius 1 is 1.16 bits per heavy atom. The van der Waals surface area contributed by atoms with Crippen LogP contribution in [0.4, 0.5) is 10.1 Å². The third-order valence-electron chi connectivity index (χ3n) is 4.17. The quantitative estimate of drug-likeness (QED) is 0.709. The maximum absolute atomic E-state index is 14.2. The van der Waals surface area contributed by atoms with E-state index < -0.39 is 5.82 Å². The van der Waals surface area contributed by atoms with Gasteiger partial charge >= 0.3 is 0 Å². The van der Waals surface area contributed by atoms with Crippen molar-refractivity contribution in [2.24, 2.45) is 0 Å². The Morgan fingerprint density at radius 2 is 1.96 bits per heavy atom. The smallest absolute Gasteiger partial charge is 0.232 e. The van der Waals surface area contributed by atoms with Crippen LogP contribution in [0.2, 0.25) is 5.02 Å². The number of aromatic nitrogens is 2. The van der Waals surface area contributed by atoms with Gasteiger partial charge in [-0.15, -0.1) is 0 Å². The van der Waals surface area contributed by atoms with Crippen LogP contribution < -0.4 is 4.90 Å². The van der Waals surface area contributed by atoms with Crippen molar-refractivity contribution in [3.05, 3.63) is 65.3 Å². The summed E-state index contributed by atoms with van der Waals surface area (Å²) in [5.74, 6) is -0.247. The van der Waals surface area contributed by atoms with Gasteiger partial charge in [0.15, 0.2) is 5.82 Å². The van der Waals surface area contributed by atoms with E-state index in [1.165, 1.54) is 17.0 Å². The van der Waals surface area contributed by atoms with E-state index in [-0.39, 0.29) is 35.5 Å². The molecule has 7 heteroatoms. The minimum Gasteiger partial charge on any atom is -0.339 e. The van der Waals surface area contributed by atoms with Crippen LogP contribution in [0.5, 0.6) is 0 Å². The summed E-state index contributed by atoms with van der Waals surface area (Å²) >= 11 is 5.81. The first kappa shape index (κ1) is 15.8. The Hall–Kier alpha value is -2.73. The number of benzene rings is 2. The maximum atomic E-state index is 14.2. The molecule has 1 aliphatic heterocycles. The van der Waals surface area contributed by atoms with E-state index >= 15 is 0 Å². The molecule has 0 bridgehead atoms. The Bertz CT molecular complexity index is 929. The Morgan fingerprint density at radius 3 is 2.76 bits per heavy atom. The minimum atomic E-state index is -0.603. The molecule has 1 amide bonds. The molecule has 3 aromatic rings. The number of carbonyl (C=O) groups is 1. The van der Waals surface area contributed by atoms with Gasteiger partial charge in [0.25, 0.3) is 0 Å². The first-order valence-electron chi connectivity index (χ1n) is 7.77. The zero-order valence-corrected chi connectivity index (χ0v) is 13.8. The SMILES string of the molecule is O=C1CC(c2nc(-c3ccccc3)no2)CN1c1cccc(Cl)c1F. The predicted molar refractivity (Wildman–Crippen MR) is 90.9 cm³/mol. The Kier molecular flexibility index (Phi) is 3.97. The van der Waals surface area contributed by atoms with Crippen molar-refractivity contribution in [1.29, 1.82) is 0 Å². The largest absolute Gasteiger partial charge is 0.339 e. The van der Waals surface area contributed by atoms with Crippen molar-refractivity contribution in [3.8, 4) is 11.4 Å². The summed E-state index contributed by atoms with van der Waals surface area (Å²) in [6.07, 6.45) is 0.183. The first-order valence-corrected chi connectivity index (χ1v) is 8.14. The average Bonchev–Trinajstić information content (AvgIpc) is 3.25. The van der Waals surface area contributed by atoms with E-state index in [1.54, 1.807) is 6.07 Å². The fourth-order valence-corrected chi connectivity index (χ4v) is 3.08. The average molecular weight is 358 g/mol. The van der Waals surface area contributed by atoms with Crippen LogP contribution in [-0.4, -0.2) is 22.6 Å². The molecule has 0 saturated carbocycles. The van der Waals surface area contributed by atoms with Gasteiger partial charge in [0.05, 0.1) is 16.6 Å². The van der Waals surface area contributed by atoms with Gasteiger partial charge in [0, 0.05) is 18.5 Å². The van der Waals surface area contributed by atoms with Crippen molar-refractivity contribution >= 4 is 23.2 Å². The van der Waals surface area contributed by atoms with Crippen molar-refractivity contribution in [2.45, 2.75) is 12.3 Å². The highest BCUT2D eigenvalue weighted by Crippen LogP contribution is 2.34. The second-order valence-electron chi connectivity index (χ2n) is 5.80. The summed E-state index contributed by atoms with van der Waals surface area (Å²) in [6.45, 7) is 0.270. The molecule has 1 atom stereocenters. The van der Waals surface area contributed by atoms with E-state index in [0.717, 1.165) is 5.56 Å². The number of hydrogen-bond donors (Lipinski definition) is 0. The molecular weight excluding hydrogens is 345 g/mol. The van der Waals surface area contributed by atoms with Gasteiger partial charge in [-0.1, -0.05) is 53.2 Å². The third kappa shape index (κ3) is 2.89. The molecule has 0 aliphatic carbocycles. The van der Waals surface area contributed by atoms with Crippen LogP contribution in [-0.2, 0) is 4.79 Å². The number of nitrogens with zero attached hydrogens (tertiary/aromatic N) is 3. The van der Waals surface area contributed by atoms with Gasteiger partial charge in [-0.3, -0.25) is 4.79 Å². The molecular formula is C18H13ClFN3O2. The Balaban J connectivity index is 1.59. The molecule has 2 heterocycles. The highest BCUT2D eigenvalue weighted by Gasteiger charge is 2.36. The Labute approximate surface area is 148 Å². The monoisotopic (exact) mass is 357 g/mol. The number of amides is 1. The summed E-state index contributed by atoms with van der Waals surface area (Å²) in [7, 11) is 0. The maximum Gasteiger partial charge on any atom is 0.232 e. The number of anilines is 1. The van der Waals surface area contributed by atoms with Gasteiger partial charge < -0.3 is 9.42 Å². The summed E-state index contributed by atoms with van der Waals surface area (Å²) in [4.78, 5) is 18.1. The topological polar surface area (TPSA) is 59.2 Å². The molecule has 5 nitrogen and oxygen atoms in total. The minimum absolute atomic E-state index is 0.0158. The lowest BCUT2D eigenvalue weighted by Crippen LogP contribution is -2.25. The van der Waals surface area contributed by atoms with Crippen molar-refractivity contribution in [1.82, 2.24) is 10.1 Å². The zero-order valence-electron chi connectivity index (χ0n) is 13.0. The molecule has 4 rings (SSSR count). The molecule has 1 aliphatic rings. The first-order chi connectivity index (χ1) is 12.1. The van der Waals surface area contributed by atoms with E-state index in [1.807, 2.05) is 30.3 Å². The molecule has 2 aromatic carbocycles. The molecule has 25 heavy (non-hydrogen) atoms. The fourth-order valence-electron chi connectivity index (χ4n) is 2.91. The third-order valence-corrected chi connectivity index (χ3v) is 4.46. The number of carbonyl (C=O) groups excluding carboxylic acids is 1. The second-order valence-corrected chi connectivity index (χ2v) is 6.21. The normalized spacial score (nSPS) is 17.3. The summed E-state index contributed by atoms with van der Waals surface area (Å²) in [5, 5.41) is 3.96. The second kappa shape index (κ2) is 6.29. The van der Waals surface area contributed by atoms with Crippen LogP contribution in [0, 0.1) is 5.82 Å². The molecule has 0 radical (unpaired) electrons. The number of rotatable bonds is 3. The van der Waals surface area contributed by atoms with Crippen LogP contribution in [0.1, 0.15) is 18.2 Å². The number of halogens is 2. The van der Waals surface area contributed by atoms with Crippen molar-refractivity contribution in [3.63, 3.8) is 0 Å².